The Bertz CT molecular complexity index is 305. The molecule has 104 valence electrons. The van der Waals surface area contributed by atoms with E-state index in [0.717, 1.165) is 25.9 Å². The van der Waals surface area contributed by atoms with Crippen molar-refractivity contribution in [1.82, 2.24) is 9.80 Å². The molecule has 2 amide bonds. The molecule has 0 aromatic rings. The zero-order valence-electron chi connectivity index (χ0n) is 11.6. The van der Waals surface area contributed by atoms with Crippen LogP contribution in [0.1, 0.15) is 39.5 Å². The summed E-state index contributed by atoms with van der Waals surface area (Å²) in [7, 11) is 1.74. The van der Waals surface area contributed by atoms with Gasteiger partial charge in [0.25, 0.3) is 0 Å². The maximum atomic E-state index is 12.1. The summed E-state index contributed by atoms with van der Waals surface area (Å²) in [4.78, 5) is 26.0. The minimum atomic E-state index is -0.810. The fourth-order valence-electron chi connectivity index (χ4n) is 2.11. The number of carbonyl (C=O) groups is 2. The summed E-state index contributed by atoms with van der Waals surface area (Å²) in [5.74, 6) is -0.810. The molecule has 1 N–H and O–H groups in total. The molecular formula is C13H24N2O3. The van der Waals surface area contributed by atoms with Crippen LogP contribution in [0.2, 0.25) is 0 Å². The first-order chi connectivity index (χ1) is 8.32. The van der Waals surface area contributed by atoms with Crippen molar-refractivity contribution in [3.05, 3.63) is 0 Å². The third-order valence-corrected chi connectivity index (χ3v) is 3.60. The SMILES string of the molecule is CN(CCCC(=O)O)C(=O)N1CCC(C)(C)CC1. The van der Waals surface area contributed by atoms with Gasteiger partial charge in [0, 0.05) is 33.1 Å². The zero-order valence-corrected chi connectivity index (χ0v) is 11.6. The van der Waals surface area contributed by atoms with Gasteiger partial charge >= 0.3 is 12.0 Å². The van der Waals surface area contributed by atoms with Gasteiger partial charge in [0.1, 0.15) is 0 Å². The second-order valence-corrected chi connectivity index (χ2v) is 5.85. The van der Waals surface area contributed by atoms with Crippen LogP contribution in [0.25, 0.3) is 0 Å². The van der Waals surface area contributed by atoms with Gasteiger partial charge in [-0.1, -0.05) is 13.8 Å². The van der Waals surface area contributed by atoms with Crippen molar-refractivity contribution in [2.75, 3.05) is 26.7 Å². The van der Waals surface area contributed by atoms with Gasteiger partial charge < -0.3 is 14.9 Å². The van der Waals surface area contributed by atoms with Crippen molar-refractivity contribution in [3.63, 3.8) is 0 Å². The number of urea groups is 1. The second kappa shape index (κ2) is 6.07. The molecule has 1 rings (SSSR count). The maximum Gasteiger partial charge on any atom is 0.319 e. The van der Waals surface area contributed by atoms with Crippen LogP contribution in [-0.2, 0) is 4.79 Å². The summed E-state index contributed by atoms with van der Waals surface area (Å²) in [5.41, 5.74) is 0.332. The Morgan fingerprint density at radius 3 is 2.33 bits per heavy atom. The number of amides is 2. The third-order valence-electron chi connectivity index (χ3n) is 3.60. The molecule has 0 aromatic heterocycles. The Kier molecular flexibility index (Phi) is 4.99. The lowest BCUT2D eigenvalue weighted by Crippen LogP contribution is -2.47. The number of piperidine rings is 1. The average molecular weight is 256 g/mol. The highest BCUT2D eigenvalue weighted by Crippen LogP contribution is 2.29. The zero-order chi connectivity index (χ0) is 13.8. The lowest BCUT2D eigenvalue weighted by atomic mass is 9.83. The quantitative estimate of drug-likeness (QED) is 0.837. The van der Waals surface area contributed by atoms with Gasteiger partial charge in [-0.3, -0.25) is 4.79 Å². The molecule has 0 atom stereocenters. The van der Waals surface area contributed by atoms with E-state index in [2.05, 4.69) is 13.8 Å². The minimum Gasteiger partial charge on any atom is -0.481 e. The minimum absolute atomic E-state index is 0.0240. The van der Waals surface area contributed by atoms with Gasteiger partial charge in [-0.25, -0.2) is 4.79 Å². The molecule has 0 spiro atoms. The summed E-state index contributed by atoms with van der Waals surface area (Å²) < 4.78 is 0. The number of hydrogen-bond acceptors (Lipinski definition) is 2. The van der Waals surface area contributed by atoms with E-state index in [1.54, 1.807) is 11.9 Å². The van der Waals surface area contributed by atoms with Gasteiger partial charge in [0.2, 0.25) is 0 Å². The number of carboxylic acid groups (broad SMARTS) is 1. The molecule has 0 bridgehead atoms. The summed E-state index contributed by atoms with van der Waals surface area (Å²) in [6, 6.07) is 0.0240. The molecule has 1 fully saturated rings. The molecule has 5 heteroatoms. The number of hydrogen-bond donors (Lipinski definition) is 1. The number of rotatable bonds is 4. The fraction of sp³-hybridized carbons (Fsp3) is 0.846. The standard InChI is InChI=1S/C13H24N2O3/c1-13(2)6-9-15(10-7-13)12(18)14(3)8-4-5-11(16)17/h4-10H2,1-3H3,(H,16,17). The van der Waals surface area contributed by atoms with Crippen molar-refractivity contribution in [1.29, 1.82) is 0 Å². The highest BCUT2D eigenvalue weighted by atomic mass is 16.4. The van der Waals surface area contributed by atoms with Crippen molar-refractivity contribution in [2.45, 2.75) is 39.5 Å². The monoisotopic (exact) mass is 256 g/mol. The largest absolute Gasteiger partial charge is 0.481 e. The van der Waals surface area contributed by atoms with Gasteiger partial charge in [-0.05, 0) is 24.7 Å². The first-order valence-corrected chi connectivity index (χ1v) is 6.54. The van der Waals surface area contributed by atoms with Crippen molar-refractivity contribution < 1.29 is 14.7 Å². The van der Waals surface area contributed by atoms with E-state index >= 15 is 0 Å². The topological polar surface area (TPSA) is 60.9 Å². The first-order valence-electron chi connectivity index (χ1n) is 6.54. The van der Waals surface area contributed by atoms with Crippen molar-refractivity contribution >= 4 is 12.0 Å². The number of carbonyl (C=O) groups excluding carboxylic acids is 1. The number of likely N-dealkylation sites (tertiary alicyclic amines) is 1. The Hall–Kier alpha value is -1.26. The van der Waals surface area contributed by atoms with E-state index in [0.29, 0.717) is 18.4 Å². The molecule has 0 unspecified atom stereocenters. The predicted molar refractivity (Wildman–Crippen MR) is 69.5 cm³/mol. The van der Waals surface area contributed by atoms with Crippen LogP contribution in [0.3, 0.4) is 0 Å². The summed E-state index contributed by atoms with van der Waals surface area (Å²) in [6.45, 7) is 6.56. The van der Waals surface area contributed by atoms with Gasteiger partial charge in [-0.2, -0.15) is 0 Å². The molecule has 5 nitrogen and oxygen atoms in total. The van der Waals surface area contributed by atoms with Gasteiger partial charge in [0.05, 0.1) is 0 Å². The Labute approximate surface area is 109 Å². The molecular weight excluding hydrogens is 232 g/mol. The van der Waals surface area contributed by atoms with E-state index in [-0.39, 0.29) is 12.5 Å². The van der Waals surface area contributed by atoms with Gasteiger partial charge in [-0.15, -0.1) is 0 Å². The summed E-state index contributed by atoms with van der Waals surface area (Å²) in [6.07, 6.45) is 2.69. The van der Waals surface area contributed by atoms with Crippen LogP contribution in [-0.4, -0.2) is 53.6 Å². The highest BCUT2D eigenvalue weighted by molar-refractivity contribution is 5.74. The molecule has 18 heavy (non-hydrogen) atoms. The molecule has 0 saturated carbocycles. The highest BCUT2D eigenvalue weighted by Gasteiger charge is 2.28. The van der Waals surface area contributed by atoms with Crippen LogP contribution in [0.15, 0.2) is 0 Å². The van der Waals surface area contributed by atoms with E-state index < -0.39 is 5.97 Å². The molecule has 0 aliphatic carbocycles. The number of carboxylic acids is 1. The van der Waals surface area contributed by atoms with E-state index in [4.69, 9.17) is 5.11 Å². The van der Waals surface area contributed by atoms with Gasteiger partial charge in [0.15, 0.2) is 0 Å². The Morgan fingerprint density at radius 2 is 1.83 bits per heavy atom. The molecule has 0 radical (unpaired) electrons. The number of aliphatic carboxylic acids is 1. The number of nitrogens with zero attached hydrogens (tertiary/aromatic N) is 2. The second-order valence-electron chi connectivity index (χ2n) is 5.85. The van der Waals surface area contributed by atoms with Crippen LogP contribution in [0.5, 0.6) is 0 Å². The predicted octanol–water partition coefficient (Wildman–Crippen LogP) is 2.02. The molecule has 0 aromatic carbocycles. The first kappa shape index (κ1) is 14.8. The molecule has 1 heterocycles. The van der Waals surface area contributed by atoms with Crippen molar-refractivity contribution in [2.24, 2.45) is 5.41 Å². The molecule has 1 aliphatic heterocycles. The lowest BCUT2D eigenvalue weighted by Gasteiger charge is -2.38. The molecule has 1 saturated heterocycles. The summed E-state index contributed by atoms with van der Waals surface area (Å²) >= 11 is 0. The van der Waals surface area contributed by atoms with E-state index in [1.165, 1.54) is 0 Å². The Balaban J connectivity index is 2.33. The van der Waals surface area contributed by atoms with Crippen LogP contribution >= 0.6 is 0 Å². The maximum absolute atomic E-state index is 12.1. The van der Waals surface area contributed by atoms with Crippen molar-refractivity contribution in [3.8, 4) is 0 Å². The third kappa shape index (κ3) is 4.55. The smallest absolute Gasteiger partial charge is 0.319 e. The average Bonchev–Trinajstić information content (AvgIpc) is 2.27. The van der Waals surface area contributed by atoms with Crippen LogP contribution < -0.4 is 0 Å². The van der Waals surface area contributed by atoms with Crippen LogP contribution in [0.4, 0.5) is 4.79 Å². The van der Waals surface area contributed by atoms with Crippen LogP contribution in [0, 0.1) is 5.41 Å². The lowest BCUT2D eigenvalue weighted by molar-refractivity contribution is -0.137. The molecule has 1 aliphatic rings. The Morgan fingerprint density at radius 1 is 1.28 bits per heavy atom. The fourth-order valence-corrected chi connectivity index (χ4v) is 2.11. The summed E-state index contributed by atoms with van der Waals surface area (Å²) in [5, 5.41) is 8.56. The van der Waals surface area contributed by atoms with E-state index in [1.807, 2.05) is 4.90 Å². The van der Waals surface area contributed by atoms with E-state index in [9.17, 15) is 9.59 Å². The normalized spacial score (nSPS) is 18.5.